The molecule has 0 fully saturated rings. The van der Waals surface area contributed by atoms with Gasteiger partial charge in [0.2, 0.25) is 11.8 Å². The Balaban J connectivity index is 2.14. The van der Waals surface area contributed by atoms with Gasteiger partial charge in [-0.1, -0.05) is 6.07 Å². The van der Waals surface area contributed by atoms with Gasteiger partial charge in [0, 0.05) is 30.1 Å². The van der Waals surface area contributed by atoms with Crippen LogP contribution in [0.3, 0.4) is 0 Å². The Labute approximate surface area is 193 Å². The fraction of sp³-hybridized carbons (Fsp3) is 0.227. The van der Waals surface area contributed by atoms with Crippen LogP contribution in [0.4, 0.5) is 23.2 Å². The molecule has 2 heterocycles. The van der Waals surface area contributed by atoms with E-state index in [0.29, 0.717) is 6.20 Å². The van der Waals surface area contributed by atoms with Gasteiger partial charge >= 0.3 is 6.18 Å². The SMILES string of the molecule is Cc1nc(F)ccc1Oc1ncc(C(F)(F)F)c(C)c1C(=O)N(C)c1cccc(S(C)(=N)=O)c1. The van der Waals surface area contributed by atoms with E-state index in [1.165, 1.54) is 50.6 Å². The predicted octanol–water partition coefficient (Wildman–Crippen LogP) is 5.36. The highest BCUT2D eigenvalue weighted by atomic mass is 32.2. The summed E-state index contributed by atoms with van der Waals surface area (Å²) in [6.07, 6.45) is -3.02. The number of amides is 1. The molecule has 3 rings (SSSR count). The normalized spacial score (nSPS) is 13.3. The van der Waals surface area contributed by atoms with Crippen LogP contribution in [-0.2, 0) is 15.9 Å². The fourth-order valence-corrected chi connectivity index (χ4v) is 3.83. The zero-order chi connectivity index (χ0) is 25.4. The number of carbonyl (C=O) groups excluding carboxylic acids is 1. The second-order valence-corrected chi connectivity index (χ2v) is 9.66. The number of halogens is 4. The van der Waals surface area contributed by atoms with Crippen molar-refractivity contribution in [3.8, 4) is 11.6 Å². The minimum absolute atomic E-state index is 0.00619. The van der Waals surface area contributed by atoms with Gasteiger partial charge in [0.25, 0.3) is 5.91 Å². The van der Waals surface area contributed by atoms with E-state index in [0.717, 1.165) is 17.9 Å². The lowest BCUT2D eigenvalue weighted by atomic mass is 10.0. The van der Waals surface area contributed by atoms with E-state index in [2.05, 4.69) is 9.97 Å². The average Bonchev–Trinajstić information content (AvgIpc) is 2.73. The molecule has 0 aliphatic heterocycles. The molecule has 1 atom stereocenters. The Morgan fingerprint density at radius 2 is 1.85 bits per heavy atom. The van der Waals surface area contributed by atoms with Gasteiger partial charge in [-0.25, -0.2) is 19.0 Å². The van der Waals surface area contributed by atoms with Crippen molar-refractivity contribution in [2.24, 2.45) is 0 Å². The summed E-state index contributed by atoms with van der Waals surface area (Å²) in [5.41, 5.74) is -1.70. The maximum absolute atomic E-state index is 13.6. The van der Waals surface area contributed by atoms with Crippen LogP contribution in [0, 0.1) is 24.6 Å². The van der Waals surface area contributed by atoms with Crippen LogP contribution in [-0.4, -0.2) is 33.4 Å². The number of ether oxygens (including phenoxy) is 1. The quantitative estimate of drug-likeness (QED) is 0.379. The summed E-state index contributed by atoms with van der Waals surface area (Å²) >= 11 is 0. The zero-order valence-corrected chi connectivity index (χ0v) is 19.3. The molecule has 0 saturated heterocycles. The van der Waals surface area contributed by atoms with E-state index in [-0.39, 0.29) is 22.0 Å². The highest BCUT2D eigenvalue weighted by Gasteiger charge is 2.37. The van der Waals surface area contributed by atoms with E-state index in [1.807, 2.05) is 0 Å². The van der Waals surface area contributed by atoms with Crippen molar-refractivity contribution in [1.29, 1.82) is 4.78 Å². The number of carbonyl (C=O) groups is 1. The number of alkyl halides is 3. The van der Waals surface area contributed by atoms with Crippen molar-refractivity contribution in [3.63, 3.8) is 0 Å². The molecule has 0 bridgehead atoms. The molecule has 34 heavy (non-hydrogen) atoms. The summed E-state index contributed by atoms with van der Waals surface area (Å²) in [4.78, 5) is 21.9. The number of hydrogen-bond acceptors (Lipinski definition) is 6. The van der Waals surface area contributed by atoms with Crippen LogP contribution in [0.15, 0.2) is 47.5 Å². The Hall–Kier alpha value is -3.54. The summed E-state index contributed by atoms with van der Waals surface area (Å²) in [7, 11) is -1.79. The molecule has 1 unspecified atom stereocenters. The Morgan fingerprint density at radius 3 is 2.44 bits per heavy atom. The lowest BCUT2D eigenvalue weighted by Gasteiger charge is -2.22. The number of nitrogens with one attached hydrogen (secondary N) is 1. The van der Waals surface area contributed by atoms with Crippen molar-refractivity contribution in [1.82, 2.24) is 9.97 Å². The number of benzene rings is 1. The number of aryl methyl sites for hydroxylation is 1. The van der Waals surface area contributed by atoms with Crippen LogP contribution >= 0.6 is 0 Å². The predicted molar refractivity (Wildman–Crippen MR) is 117 cm³/mol. The molecule has 180 valence electrons. The summed E-state index contributed by atoms with van der Waals surface area (Å²) in [6, 6.07) is 7.98. The molecule has 0 spiro atoms. The van der Waals surface area contributed by atoms with E-state index in [4.69, 9.17) is 9.52 Å². The number of anilines is 1. The number of rotatable bonds is 5. The van der Waals surface area contributed by atoms with Gasteiger partial charge in [0.05, 0.1) is 21.0 Å². The number of hydrogen-bond donors (Lipinski definition) is 1. The van der Waals surface area contributed by atoms with Crippen LogP contribution in [0.5, 0.6) is 11.6 Å². The molecule has 0 saturated carbocycles. The maximum atomic E-state index is 13.6. The zero-order valence-electron chi connectivity index (χ0n) is 18.5. The molecule has 2 aromatic heterocycles. The maximum Gasteiger partial charge on any atom is 0.418 e. The summed E-state index contributed by atoms with van der Waals surface area (Å²) in [6.45, 7) is 2.55. The molecule has 1 N–H and O–H groups in total. The van der Waals surface area contributed by atoms with Crippen LogP contribution in [0.2, 0.25) is 0 Å². The number of nitrogens with zero attached hydrogens (tertiary/aromatic N) is 3. The van der Waals surface area contributed by atoms with E-state index in [1.54, 1.807) is 0 Å². The van der Waals surface area contributed by atoms with E-state index < -0.39 is 50.3 Å². The van der Waals surface area contributed by atoms with Crippen LogP contribution in [0.25, 0.3) is 0 Å². The highest BCUT2D eigenvalue weighted by molar-refractivity contribution is 7.91. The standard InChI is InChI=1S/C22H20F4N4O3S/c1-12-16(22(24,25)26)11-28-20(33-17-8-9-18(23)29-13(17)2)19(12)21(31)30(3)14-6-5-7-15(10-14)34(4,27)32/h5-11,27H,1-4H3. The Kier molecular flexibility index (Phi) is 6.65. The summed E-state index contributed by atoms with van der Waals surface area (Å²) in [5, 5.41) is 0. The molecule has 0 aliphatic carbocycles. The third-order valence-electron chi connectivity index (χ3n) is 4.99. The van der Waals surface area contributed by atoms with Crippen LogP contribution in [0.1, 0.15) is 27.2 Å². The lowest BCUT2D eigenvalue weighted by molar-refractivity contribution is -0.138. The van der Waals surface area contributed by atoms with Gasteiger partial charge in [-0.2, -0.15) is 17.6 Å². The van der Waals surface area contributed by atoms with Crippen molar-refractivity contribution in [2.75, 3.05) is 18.2 Å². The van der Waals surface area contributed by atoms with Gasteiger partial charge in [0.1, 0.15) is 5.56 Å². The first kappa shape index (κ1) is 25.1. The third kappa shape index (κ3) is 5.16. The van der Waals surface area contributed by atoms with Crippen molar-refractivity contribution >= 4 is 21.3 Å². The van der Waals surface area contributed by atoms with Crippen molar-refractivity contribution in [2.45, 2.75) is 24.9 Å². The first-order chi connectivity index (χ1) is 15.7. The molecular weight excluding hydrogens is 476 g/mol. The smallest absolute Gasteiger partial charge is 0.418 e. The summed E-state index contributed by atoms with van der Waals surface area (Å²) < 4.78 is 79.5. The molecule has 1 aromatic carbocycles. The van der Waals surface area contributed by atoms with Crippen LogP contribution < -0.4 is 9.64 Å². The van der Waals surface area contributed by atoms with Crippen molar-refractivity contribution < 1.29 is 31.3 Å². The second kappa shape index (κ2) is 9.01. The van der Waals surface area contributed by atoms with Gasteiger partial charge < -0.3 is 9.64 Å². The average molecular weight is 496 g/mol. The number of pyridine rings is 2. The minimum atomic E-state index is -4.78. The van der Waals surface area contributed by atoms with Crippen molar-refractivity contribution in [3.05, 3.63) is 70.9 Å². The summed E-state index contributed by atoms with van der Waals surface area (Å²) in [5.74, 6) is -2.08. The van der Waals surface area contributed by atoms with Gasteiger partial charge in [-0.15, -0.1) is 0 Å². The molecule has 0 aliphatic rings. The third-order valence-corrected chi connectivity index (χ3v) is 6.15. The molecule has 1 amide bonds. The minimum Gasteiger partial charge on any atom is -0.436 e. The fourth-order valence-electron chi connectivity index (χ4n) is 3.14. The lowest BCUT2D eigenvalue weighted by Crippen LogP contribution is -2.28. The van der Waals surface area contributed by atoms with Gasteiger partial charge in [0.15, 0.2) is 5.75 Å². The van der Waals surface area contributed by atoms with Gasteiger partial charge in [-0.3, -0.25) is 4.79 Å². The second-order valence-electron chi connectivity index (χ2n) is 7.50. The molecule has 0 radical (unpaired) electrons. The van der Waals surface area contributed by atoms with E-state index in [9.17, 15) is 26.6 Å². The molecule has 3 aromatic rings. The monoisotopic (exact) mass is 496 g/mol. The molecular formula is C22H20F4N4O3S. The first-order valence-electron chi connectivity index (χ1n) is 9.70. The largest absolute Gasteiger partial charge is 0.436 e. The first-order valence-corrected chi connectivity index (χ1v) is 11.7. The van der Waals surface area contributed by atoms with E-state index >= 15 is 0 Å². The Bertz CT molecular complexity index is 1380. The number of aromatic nitrogens is 2. The Morgan fingerprint density at radius 1 is 1.18 bits per heavy atom. The molecule has 12 heteroatoms. The molecule has 7 nitrogen and oxygen atoms in total. The highest BCUT2D eigenvalue weighted by Crippen LogP contribution is 2.37. The van der Waals surface area contributed by atoms with Gasteiger partial charge in [-0.05, 0) is 49.7 Å². The topological polar surface area (TPSA) is 96.2 Å².